The SMILES string of the molecule is CO/N=C1\CCN(C)c2ncc(-c3cnc(-c4cccnc4)s3)nc21. The number of fused-ring (bicyclic) bond motifs is 1. The van der Waals surface area contributed by atoms with Gasteiger partial charge in [0.2, 0.25) is 0 Å². The van der Waals surface area contributed by atoms with Crippen molar-refractivity contribution in [3.05, 3.63) is 42.6 Å². The van der Waals surface area contributed by atoms with Crippen LogP contribution in [-0.2, 0) is 4.84 Å². The molecule has 4 heterocycles. The Morgan fingerprint density at radius 3 is 2.96 bits per heavy atom. The Bertz CT molecular complexity index is 924. The molecule has 1 aliphatic heterocycles. The summed E-state index contributed by atoms with van der Waals surface area (Å²) in [5, 5.41) is 5.02. The predicted octanol–water partition coefficient (Wildman–Crippen LogP) is 2.85. The van der Waals surface area contributed by atoms with Crippen LogP contribution in [0.15, 0.2) is 42.1 Å². The quantitative estimate of drug-likeness (QED) is 0.675. The molecule has 7 nitrogen and oxygen atoms in total. The van der Waals surface area contributed by atoms with E-state index in [1.54, 1.807) is 37.0 Å². The maximum atomic E-state index is 4.97. The zero-order valence-electron chi connectivity index (χ0n) is 13.9. The molecule has 1 aliphatic rings. The molecule has 0 amide bonds. The number of rotatable bonds is 3. The van der Waals surface area contributed by atoms with E-state index in [1.807, 2.05) is 25.4 Å². The van der Waals surface area contributed by atoms with Crippen LogP contribution in [0.4, 0.5) is 5.82 Å². The molecular weight excluding hydrogens is 336 g/mol. The number of oxime groups is 1. The van der Waals surface area contributed by atoms with Crippen LogP contribution in [-0.4, -0.2) is 46.3 Å². The third-order valence-corrected chi connectivity index (χ3v) is 5.01. The van der Waals surface area contributed by atoms with Gasteiger partial charge in [-0.3, -0.25) is 4.98 Å². The maximum Gasteiger partial charge on any atom is 0.156 e. The molecule has 0 unspecified atom stereocenters. The molecule has 4 rings (SSSR count). The number of pyridine rings is 1. The fourth-order valence-corrected chi connectivity index (χ4v) is 3.55. The summed E-state index contributed by atoms with van der Waals surface area (Å²) >= 11 is 1.57. The smallest absolute Gasteiger partial charge is 0.156 e. The summed E-state index contributed by atoms with van der Waals surface area (Å²) in [7, 11) is 3.55. The summed E-state index contributed by atoms with van der Waals surface area (Å²) in [6.45, 7) is 0.842. The third kappa shape index (κ3) is 2.96. The van der Waals surface area contributed by atoms with Crippen molar-refractivity contribution in [2.75, 3.05) is 25.6 Å². The number of anilines is 1. The molecule has 0 radical (unpaired) electrons. The van der Waals surface area contributed by atoms with Gasteiger partial charge in [0.1, 0.15) is 29.2 Å². The van der Waals surface area contributed by atoms with E-state index < -0.39 is 0 Å². The second-order valence-electron chi connectivity index (χ2n) is 5.59. The lowest BCUT2D eigenvalue weighted by Gasteiger charge is -2.26. The van der Waals surface area contributed by atoms with E-state index in [9.17, 15) is 0 Å². The van der Waals surface area contributed by atoms with Crippen LogP contribution in [0.3, 0.4) is 0 Å². The highest BCUT2D eigenvalue weighted by molar-refractivity contribution is 7.18. The van der Waals surface area contributed by atoms with Gasteiger partial charge in [-0.15, -0.1) is 11.3 Å². The van der Waals surface area contributed by atoms with Crippen LogP contribution in [0, 0.1) is 0 Å². The van der Waals surface area contributed by atoms with Crippen LogP contribution < -0.4 is 4.90 Å². The lowest BCUT2D eigenvalue weighted by atomic mass is 10.1. The maximum absolute atomic E-state index is 4.97. The standard InChI is InChI=1S/C17H16N6OS/c1-23-7-5-12(22-24-2)15-16(23)19-9-13(21-15)14-10-20-17(25-14)11-4-3-6-18-8-11/h3-4,6,8-10H,5,7H2,1-2H3/b22-12+. The van der Waals surface area contributed by atoms with Gasteiger partial charge in [0, 0.05) is 44.2 Å². The first-order valence-corrected chi connectivity index (χ1v) is 8.63. The van der Waals surface area contributed by atoms with Gasteiger partial charge in [0.15, 0.2) is 5.82 Å². The second kappa shape index (κ2) is 6.56. The Hall–Kier alpha value is -2.87. The molecule has 0 saturated carbocycles. The summed E-state index contributed by atoms with van der Waals surface area (Å²) in [5.74, 6) is 0.822. The van der Waals surface area contributed by atoms with Gasteiger partial charge in [-0.05, 0) is 12.1 Å². The topological polar surface area (TPSA) is 76.4 Å². The highest BCUT2D eigenvalue weighted by Crippen LogP contribution is 2.32. The van der Waals surface area contributed by atoms with Crippen molar-refractivity contribution in [2.24, 2.45) is 5.16 Å². The van der Waals surface area contributed by atoms with Crippen molar-refractivity contribution < 1.29 is 4.84 Å². The minimum absolute atomic E-state index is 0.768. The van der Waals surface area contributed by atoms with E-state index in [1.165, 1.54) is 0 Å². The molecule has 0 bridgehead atoms. The Morgan fingerprint density at radius 2 is 2.16 bits per heavy atom. The summed E-state index contributed by atoms with van der Waals surface area (Å²) in [4.78, 5) is 26.0. The van der Waals surface area contributed by atoms with Crippen molar-refractivity contribution in [3.8, 4) is 21.1 Å². The highest BCUT2D eigenvalue weighted by atomic mass is 32.1. The second-order valence-corrected chi connectivity index (χ2v) is 6.62. The summed E-state index contributed by atoms with van der Waals surface area (Å²) in [6.07, 6.45) is 7.94. The first-order chi connectivity index (χ1) is 12.3. The Labute approximate surface area is 149 Å². The molecule has 25 heavy (non-hydrogen) atoms. The lowest BCUT2D eigenvalue weighted by molar-refractivity contribution is 0.212. The average Bonchev–Trinajstić information content (AvgIpc) is 3.15. The lowest BCUT2D eigenvalue weighted by Crippen LogP contribution is -2.30. The summed E-state index contributed by atoms with van der Waals surface area (Å²) in [6, 6.07) is 3.89. The first kappa shape index (κ1) is 15.6. The first-order valence-electron chi connectivity index (χ1n) is 7.81. The number of hydrogen-bond donors (Lipinski definition) is 0. The monoisotopic (exact) mass is 352 g/mol. The summed E-state index contributed by atoms with van der Waals surface area (Å²) in [5.41, 5.74) is 3.36. The van der Waals surface area contributed by atoms with E-state index in [-0.39, 0.29) is 0 Å². The van der Waals surface area contributed by atoms with Crippen LogP contribution in [0.25, 0.3) is 21.1 Å². The Kier molecular flexibility index (Phi) is 4.10. The number of thiazole rings is 1. The molecule has 0 saturated heterocycles. The molecule has 0 aromatic carbocycles. The largest absolute Gasteiger partial charge is 0.399 e. The zero-order valence-corrected chi connectivity index (χ0v) is 14.7. The minimum atomic E-state index is 0.768. The van der Waals surface area contributed by atoms with Crippen LogP contribution >= 0.6 is 11.3 Å². The molecule has 0 fully saturated rings. The van der Waals surface area contributed by atoms with Gasteiger partial charge in [-0.1, -0.05) is 5.16 Å². The molecule has 0 aliphatic carbocycles. The molecule has 3 aromatic heterocycles. The fraction of sp³-hybridized carbons (Fsp3) is 0.235. The third-order valence-electron chi connectivity index (χ3n) is 3.94. The van der Waals surface area contributed by atoms with Gasteiger partial charge < -0.3 is 9.74 Å². The van der Waals surface area contributed by atoms with Crippen molar-refractivity contribution in [1.29, 1.82) is 0 Å². The predicted molar refractivity (Wildman–Crippen MR) is 97.8 cm³/mol. The van der Waals surface area contributed by atoms with Crippen LogP contribution in [0.2, 0.25) is 0 Å². The van der Waals surface area contributed by atoms with Crippen molar-refractivity contribution in [3.63, 3.8) is 0 Å². The Morgan fingerprint density at radius 1 is 1.24 bits per heavy atom. The molecule has 126 valence electrons. The molecule has 0 N–H and O–H groups in total. The van der Waals surface area contributed by atoms with E-state index >= 15 is 0 Å². The van der Waals surface area contributed by atoms with E-state index in [4.69, 9.17) is 9.82 Å². The Balaban J connectivity index is 1.74. The van der Waals surface area contributed by atoms with Crippen molar-refractivity contribution in [1.82, 2.24) is 19.9 Å². The number of aromatic nitrogens is 4. The van der Waals surface area contributed by atoms with Gasteiger partial charge in [-0.2, -0.15) is 0 Å². The zero-order chi connectivity index (χ0) is 17.2. The average molecular weight is 352 g/mol. The minimum Gasteiger partial charge on any atom is -0.399 e. The van der Waals surface area contributed by atoms with Crippen molar-refractivity contribution in [2.45, 2.75) is 6.42 Å². The fourth-order valence-electron chi connectivity index (χ4n) is 2.69. The van der Waals surface area contributed by atoms with Gasteiger partial charge in [0.05, 0.1) is 11.1 Å². The molecule has 0 spiro atoms. The molecule has 8 heteroatoms. The van der Waals surface area contributed by atoms with Crippen LogP contribution in [0.5, 0.6) is 0 Å². The number of nitrogens with zero attached hydrogens (tertiary/aromatic N) is 6. The van der Waals surface area contributed by atoms with Crippen LogP contribution in [0.1, 0.15) is 12.1 Å². The summed E-state index contributed by atoms with van der Waals surface area (Å²) < 4.78 is 0. The molecule has 0 atom stereocenters. The van der Waals surface area contributed by atoms with E-state index in [2.05, 4.69) is 25.0 Å². The van der Waals surface area contributed by atoms with E-state index in [0.717, 1.165) is 51.3 Å². The number of hydrogen-bond acceptors (Lipinski definition) is 8. The van der Waals surface area contributed by atoms with Gasteiger partial charge in [-0.25, -0.2) is 15.0 Å². The van der Waals surface area contributed by atoms with Gasteiger partial charge >= 0.3 is 0 Å². The highest BCUT2D eigenvalue weighted by Gasteiger charge is 2.24. The van der Waals surface area contributed by atoms with Crippen molar-refractivity contribution >= 4 is 22.9 Å². The molecule has 3 aromatic rings. The molecular formula is C17H16N6OS. The van der Waals surface area contributed by atoms with Gasteiger partial charge in [0.25, 0.3) is 0 Å². The normalized spacial score (nSPS) is 15.3. The van der Waals surface area contributed by atoms with E-state index in [0.29, 0.717) is 0 Å².